The number of ether oxygens (including phenoxy) is 2. The number of allylic oxidation sites excluding steroid dienone is 6. The van der Waals surface area contributed by atoms with E-state index in [2.05, 4.69) is 50.3 Å². The van der Waals surface area contributed by atoms with Crippen LogP contribution in [0.25, 0.3) is 0 Å². The molecule has 45 heavy (non-hydrogen) atoms. The highest BCUT2D eigenvalue weighted by molar-refractivity contribution is 7.45. The number of phosphoric acid groups is 1. The Morgan fingerprint density at radius 2 is 1.27 bits per heavy atom. The highest BCUT2D eigenvalue weighted by atomic mass is 31.2. The third-order valence-corrected chi connectivity index (χ3v) is 7.89. The number of likely N-dealkylation sites (N-methyl/N-ethyl adjacent to an activating group) is 1. The summed E-state index contributed by atoms with van der Waals surface area (Å²) in [4.78, 5) is 37.1. The second-order valence-corrected chi connectivity index (χ2v) is 13.9. The summed E-state index contributed by atoms with van der Waals surface area (Å²) in [5, 5.41) is 0. The summed E-state index contributed by atoms with van der Waals surface area (Å²) in [7, 11) is 1.14. The van der Waals surface area contributed by atoms with Crippen LogP contribution in [0.15, 0.2) is 36.5 Å². The van der Waals surface area contributed by atoms with Crippen molar-refractivity contribution in [2.75, 3.05) is 47.5 Å². The van der Waals surface area contributed by atoms with Crippen molar-refractivity contribution in [2.24, 2.45) is 0 Å². The second-order valence-electron chi connectivity index (χ2n) is 12.5. The highest BCUT2D eigenvalue weighted by Crippen LogP contribution is 2.38. The van der Waals surface area contributed by atoms with Gasteiger partial charge in [0.2, 0.25) is 0 Å². The number of hydrogen-bond donors (Lipinski definition) is 0. The lowest BCUT2D eigenvalue weighted by atomic mass is 10.1. The Morgan fingerprint density at radius 3 is 1.89 bits per heavy atom. The van der Waals surface area contributed by atoms with Gasteiger partial charge in [0.25, 0.3) is 7.82 Å². The number of quaternary nitrogens is 1. The number of rotatable bonds is 30. The van der Waals surface area contributed by atoms with E-state index in [-0.39, 0.29) is 26.1 Å². The van der Waals surface area contributed by atoms with Gasteiger partial charge in [-0.25, -0.2) is 0 Å². The summed E-state index contributed by atoms with van der Waals surface area (Å²) in [5.74, 6) is -0.879. The van der Waals surface area contributed by atoms with Crippen molar-refractivity contribution < 1.29 is 42.1 Å². The molecule has 0 aliphatic heterocycles. The molecule has 0 saturated heterocycles. The van der Waals surface area contributed by atoms with E-state index in [1.54, 1.807) is 0 Å². The van der Waals surface area contributed by atoms with Gasteiger partial charge >= 0.3 is 11.9 Å². The first-order valence-corrected chi connectivity index (χ1v) is 18.7. The van der Waals surface area contributed by atoms with E-state index in [9.17, 15) is 19.0 Å². The maximum atomic E-state index is 12.5. The summed E-state index contributed by atoms with van der Waals surface area (Å²) in [5.41, 5.74) is 0. The molecule has 0 spiro atoms. The Kier molecular flexibility index (Phi) is 27.3. The molecular formula is C35H64NO8P. The zero-order chi connectivity index (χ0) is 33.7. The maximum absolute atomic E-state index is 12.5. The van der Waals surface area contributed by atoms with Gasteiger partial charge in [0.15, 0.2) is 6.10 Å². The van der Waals surface area contributed by atoms with E-state index in [0.29, 0.717) is 17.4 Å². The number of hydrogen-bond acceptors (Lipinski definition) is 8. The Morgan fingerprint density at radius 1 is 0.711 bits per heavy atom. The van der Waals surface area contributed by atoms with Crippen molar-refractivity contribution in [3.8, 4) is 0 Å². The van der Waals surface area contributed by atoms with Crippen LogP contribution in [-0.2, 0) is 32.7 Å². The minimum atomic E-state index is -4.62. The van der Waals surface area contributed by atoms with E-state index in [1.807, 2.05) is 21.1 Å². The van der Waals surface area contributed by atoms with Gasteiger partial charge in [-0.3, -0.25) is 14.2 Å². The lowest BCUT2D eigenvalue weighted by Crippen LogP contribution is -2.37. The Bertz CT molecular complexity index is 881. The quantitative estimate of drug-likeness (QED) is 0.0251. The molecule has 0 rings (SSSR count). The predicted octanol–water partition coefficient (Wildman–Crippen LogP) is 7.99. The molecule has 10 heteroatoms. The average molecular weight is 658 g/mol. The van der Waals surface area contributed by atoms with Crippen LogP contribution in [0.4, 0.5) is 0 Å². The SMILES string of the molecule is CC/C=C\C/C=C\C/C=C\CCCCCC(=O)OC(COC(=O)CCCCCCCCCC)COP(=O)([O-])OCC[N+](C)(C)C. The molecule has 0 aliphatic rings. The van der Waals surface area contributed by atoms with Crippen LogP contribution in [0.2, 0.25) is 0 Å². The molecule has 0 aromatic rings. The normalized spacial score (nSPS) is 14.4. The van der Waals surface area contributed by atoms with Gasteiger partial charge in [0, 0.05) is 12.8 Å². The van der Waals surface area contributed by atoms with E-state index >= 15 is 0 Å². The Labute approximate surface area is 274 Å². The molecule has 0 saturated carbocycles. The molecule has 0 bridgehead atoms. The molecule has 0 radical (unpaired) electrons. The van der Waals surface area contributed by atoms with E-state index in [1.165, 1.54) is 32.1 Å². The van der Waals surface area contributed by atoms with Crippen LogP contribution in [0.1, 0.15) is 123 Å². The number of carbonyl (C=O) groups excluding carboxylic acids is 2. The fourth-order valence-electron chi connectivity index (χ4n) is 4.20. The minimum absolute atomic E-state index is 0.0368. The average Bonchev–Trinajstić information content (AvgIpc) is 2.97. The molecule has 262 valence electrons. The van der Waals surface area contributed by atoms with E-state index in [0.717, 1.165) is 57.8 Å². The molecule has 0 heterocycles. The van der Waals surface area contributed by atoms with Crippen molar-refractivity contribution in [1.29, 1.82) is 0 Å². The first-order valence-electron chi connectivity index (χ1n) is 17.2. The van der Waals surface area contributed by atoms with Gasteiger partial charge in [-0.05, 0) is 44.9 Å². The van der Waals surface area contributed by atoms with Gasteiger partial charge in [0.05, 0.1) is 27.7 Å². The van der Waals surface area contributed by atoms with Crippen molar-refractivity contribution in [3.05, 3.63) is 36.5 Å². The Hall–Kier alpha value is -1.77. The lowest BCUT2D eigenvalue weighted by molar-refractivity contribution is -0.870. The number of nitrogens with zero attached hydrogens (tertiary/aromatic N) is 1. The summed E-state index contributed by atoms with van der Waals surface area (Å²) in [6.45, 7) is 4.00. The first kappa shape index (κ1) is 43.2. The molecule has 2 atom stereocenters. The summed E-state index contributed by atoms with van der Waals surface area (Å²) in [6, 6.07) is 0. The van der Waals surface area contributed by atoms with Gasteiger partial charge < -0.3 is 27.9 Å². The fraction of sp³-hybridized carbons (Fsp3) is 0.771. The monoisotopic (exact) mass is 657 g/mol. The third kappa shape index (κ3) is 32.0. The largest absolute Gasteiger partial charge is 0.756 e. The molecule has 0 N–H and O–H groups in total. The smallest absolute Gasteiger partial charge is 0.306 e. The lowest BCUT2D eigenvalue weighted by Gasteiger charge is -2.28. The molecule has 0 aromatic carbocycles. The molecule has 2 unspecified atom stereocenters. The van der Waals surface area contributed by atoms with E-state index < -0.39 is 32.5 Å². The molecule has 0 aliphatic carbocycles. The van der Waals surface area contributed by atoms with Crippen molar-refractivity contribution in [2.45, 2.75) is 129 Å². The zero-order valence-corrected chi connectivity index (χ0v) is 29.9. The second kappa shape index (κ2) is 28.5. The molecular weight excluding hydrogens is 593 g/mol. The van der Waals surface area contributed by atoms with Crippen molar-refractivity contribution in [1.82, 2.24) is 0 Å². The van der Waals surface area contributed by atoms with Crippen LogP contribution in [0.3, 0.4) is 0 Å². The zero-order valence-electron chi connectivity index (χ0n) is 29.1. The molecule has 9 nitrogen and oxygen atoms in total. The molecule has 0 amide bonds. The highest BCUT2D eigenvalue weighted by Gasteiger charge is 2.21. The standard InChI is InChI=1S/C35H64NO8P/c1-6-8-10-12-14-16-17-18-19-20-22-24-26-28-35(38)44-33(32-43-45(39,40)42-30-29-36(3,4)5)31-41-34(37)27-25-23-21-15-13-11-9-7-2/h8,10,14,16,18-19,33H,6-7,9,11-13,15,17,20-32H2,1-5H3/b10-8-,16-14-,19-18-. The minimum Gasteiger partial charge on any atom is -0.756 e. The molecule has 0 aromatic heterocycles. The van der Waals surface area contributed by atoms with Crippen LogP contribution in [-0.4, -0.2) is 70.0 Å². The van der Waals surface area contributed by atoms with E-state index in [4.69, 9.17) is 18.5 Å². The Balaban J connectivity index is 4.55. The number of unbranched alkanes of at least 4 members (excludes halogenated alkanes) is 10. The predicted molar refractivity (Wildman–Crippen MR) is 181 cm³/mol. The first-order chi connectivity index (χ1) is 21.5. The van der Waals surface area contributed by atoms with Crippen LogP contribution >= 0.6 is 7.82 Å². The van der Waals surface area contributed by atoms with Crippen LogP contribution in [0, 0.1) is 0 Å². The fourth-order valence-corrected chi connectivity index (χ4v) is 4.92. The summed E-state index contributed by atoms with van der Waals surface area (Å²) >= 11 is 0. The van der Waals surface area contributed by atoms with Crippen LogP contribution in [0.5, 0.6) is 0 Å². The number of carbonyl (C=O) groups is 2. The van der Waals surface area contributed by atoms with Crippen LogP contribution < -0.4 is 4.89 Å². The number of phosphoric ester groups is 1. The third-order valence-electron chi connectivity index (χ3n) is 6.92. The number of esters is 2. The summed E-state index contributed by atoms with van der Waals surface area (Å²) < 4.78 is 33.5. The van der Waals surface area contributed by atoms with Gasteiger partial charge in [-0.2, -0.15) is 0 Å². The van der Waals surface area contributed by atoms with Gasteiger partial charge in [-0.1, -0.05) is 102 Å². The molecule has 0 fully saturated rings. The topological polar surface area (TPSA) is 111 Å². The van der Waals surface area contributed by atoms with Crippen molar-refractivity contribution in [3.63, 3.8) is 0 Å². The van der Waals surface area contributed by atoms with Gasteiger partial charge in [0.1, 0.15) is 19.8 Å². The summed E-state index contributed by atoms with van der Waals surface area (Å²) in [6.07, 6.45) is 27.6. The van der Waals surface area contributed by atoms with Gasteiger partial charge in [-0.15, -0.1) is 0 Å². The maximum Gasteiger partial charge on any atom is 0.306 e. The van der Waals surface area contributed by atoms with Crippen molar-refractivity contribution >= 4 is 19.8 Å².